The molecule has 176 valence electrons. The molecule has 1 amide bonds. The second kappa shape index (κ2) is 10.1. The van der Waals surface area contributed by atoms with Gasteiger partial charge in [-0.2, -0.15) is 4.31 Å². The number of ether oxygens (including phenoxy) is 1. The van der Waals surface area contributed by atoms with Gasteiger partial charge in [-0.05, 0) is 53.9 Å². The van der Waals surface area contributed by atoms with E-state index in [1.54, 1.807) is 36.4 Å². The smallest absolute Gasteiger partial charge is 0.308 e. The minimum absolute atomic E-state index is 0.0612. The van der Waals surface area contributed by atoms with Gasteiger partial charge in [0, 0.05) is 12.2 Å². The molecule has 0 aliphatic carbocycles. The number of sulfonamides is 1. The van der Waals surface area contributed by atoms with E-state index >= 15 is 0 Å². The van der Waals surface area contributed by atoms with Crippen molar-refractivity contribution in [1.29, 1.82) is 0 Å². The molecule has 1 N–H and O–H groups in total. The van der Waals surface area contributed by atoms with Crippen LogP contribution < -0.4 is 5.32 Å². The molecular weight excluding hydrogens is 459 g/mol. The van der Waals surface area contributed by atoms with Gasteiger partial charge >= 0.3 is 5.97 Å². The van der Waals surface area contributed by atoms with E-state index in [-0.39, 0.29) is 17.9 Å². The van der Waals surface area contributed by atoms with Gasteiger partial charge in [0.05, 0.1) is 17.4 Å². The van der Waals surface area contributed by atoms with Crippen molar-refractivity contribution in [3.8, 4) is 0 Å². The van der Waals surface area contributed by atoms with Crippen molar-refractivity contribution in [2.75, 3.05) is 18.5 Å². The molecule has 1 aliphatic rings. The highest BCUT2D eigenvalue weighted by Gasteiger charge is 2.37. The van der Waals surface area contributed by atoms with Crippen molar-refractivity contribution in [2.24, 2.45) is 0 Å². The molecule has 9 heteroatoms. The summed E-state index contributed by atoms with van der Waals surface area (Å²) in [5.41, 5.74) is 2.21. The second-order valence-electron chi connectivity index (χ2n) is 7.81. The number of benzene rings is 3. The van der Waals surface area contributed by atoms with Gasteiger partial charge < -0.3 is 10.1 Å². The van der Waals surface area contributed by atoms with Crippen LogP contribution in [0.15, 0.2) is 83.8 Å². The topological polar surface area (TPSA) is 92.8 Å². The van der Waals surface area contributed by atoms with E-state index in [0.717, 1.165) is 17.7 Å². The summed E-state index contributed by atoms with van der Waals surface area (Å²) < 4.78 is 46.5. The summed E-state index contributed by atoms with van der Waals surface area (Å²) in [5.74, 6) is -1.75. The molecule has 0 unspecified atom stereocenters. The molecule has 0 saturated carbocycles. The predicted molar refractivity (Wildman–Crippen MR) is 124 cm³/mol. The molecule has 4 rings (SSSR count). The maximum Gasteiger partial charge on any atom is 0.308 e. The molecule has 0 radical (unpaired) electrons. The Morgan fingerprint density at radius 2 is 1.65 bits per heavy atom. The molecular formula is C25H23FN2O5S. The quantitative estimate of drug-likeness (QED) is 0.519. The summed E-state index contributed by atoms with van der Waals surface area (Å²) in [6, 6.07) is 19.8. The first-order chi connectivity index (χ1) is 16.3. The Morgan fingerprint density at radius 3 is 2.38 bits per heavy atom. The fourth-order valence-electron chi connectivity index (χ4n) is 3.95. The van der Waals surface area contributed by atoms with E-state index in [0.29, 0.717) is 17.7 Å². The van der Waals surface area contributed by atoms with E-state index in [9.17, 15) is 22.4 Å². The van der Waals surface area contributed by atoms with Gasteiger partial charge in [0.25, 0.3) is 5.91 Å². The van der Waals surface area contributed by atoms with Gasteiger partial charge in [-0.1, -0.05) is 42.5 Å². The highest BCUT2D eigenvalue weighted by atomic mass is 32.2. The van der Waals surface area contributed by atoms with Crippen LogP contribution in [0.4, 0.5) is 10.1 Å². The van der Waals surface area contributed by atoms with Crippen LogP contribution in [0.5, 0.6) is 0 Å². The Balaban J connectivity index is 1.51. The average Bonchev–Trinajstić information content (AvgIpc) is 2.84. The first-order valence-electron chi connectivity index (χ1n) is 10.7. The van der Waals surface area contributed by atoms with Crippen molar-refractivity contribution in [3.05, 3.63) is 95.8 Å². The average molecular weight is 483 g/mol. The number of hydrogen-bond acceptors (Lipinski definition) is 5. The van der Waals surface area contributed by atoms with Crippen molar-refractivity contribution in [1.82, 2.24) is 4.31 Å². The minimum Gasteiger partial charge on any atom is -0.456 e. The lowest BCUT2D eigenvalue weighted by Gasteiger charge is -2.36. The zero-order valence-corrected chi connectivity index (χ0v) is 19.0. The molecule has 3 aromatic carbocycles. The Hall–Kier alpha value is -3.56. The van der Waals surface area contributed by atoms with Gasteiger partial charge in [0.15, 0.2) is 6.61 Å². The fourth-order valence-corrected chi connectivity index (χ4v) is 5.56. The number of nitrogens with one attached hydrogen (secondary N) is 1. The van der Waals surface area contributed by atoms with Crippen LogP contribution in [0, 0.1) is 5.82 Å². The van der Waals surface area contributed by atoms with Gasteiger partial charge in [-0.25, -0.2) is 12.8 Å². The third-order valence-electron chi connectivity index (χ3n) is 5.57. The number of rotatable bonds is 7. The number of halogens is 1. The summed E-state index contributed by atoms with van der Waals surface area (Å²) in [6.45, 7) is -0.337. The first-order valence-corrected chi connectivity index (χ1v) is 12.1. The van der Waals surface area contributed by atoms with E-state index in [1.165, 1.54) is 16.4 Å². The third-order valence-corrected chi connectivity index (χ3v) is 7.49. The van der Waals surface area contributed by atoms with Crippen LogP contribution in [0.25, 0.3) is 0 Å². The van der Waals surface area contributed by atoms with Crippen LogP contribution in [0.1, 0.15) is 23.6 Å². The maximum atomic E-state index is 13.4. The molecule has 7 nitrogen and oxygen atoms in total. The molecule has 1 atom stereocenters. The number of nitrogens with zero attached hydrogens (tertiary/aromatic N) is 1. The lowest BCUT2D eigenvalue weighted by Crippen LogP contribution is -2.41. The van der Waals surface area contributed by atoms with Crippen molar-refractivity contribution < 1.29 is 27.1 Å². The van der Waals surface area contributed by atoms with Crippen molar-refractivity contribution in [3.63, 3.8) is 0 Å². The summed E-state index contributed by atoms with van der Waals surface area (Å²) in [4.78, 5) is 24.7. The first kappa shape index (κ1) is 23.6. The van der Waals surface area contributed by atoms with E-state index in [4.69, 9.17) is 4.74 Å². The normalized spacial score (nSPS) is 15.9. The SMILES string of the molecule is O=C(COC(=O)C[C@H]1c2ccccc2CCN1S(=O)(=O)c1ccc(F)cc1)Nc1ccccc1. The van der Waals surface area contributed by atoms with Gasteiger partial charge in [-0.15, -0.1) is 0 Å². The number of carbonyl (C=O) groups excluding carboxylic acids is 2. The Bertz CT molecular complexity index is 1280. The molecule has 0 saturated heterocycles. The second-order valence-corrected chi connectivity index (χ2v) is 9.70. The molecule has 0 spiro atoms. The molecule has 34 heavy (non-hydrogen) atoms. The molecule has 0 fully saturated rings. The van der Waals surface area contributed by atoms with Crippen molar-refractivity contribution >= 4 is 27.6 Å². The van der Waals surface area contributed by atoms with Crippen LogP contribution in [-0.2, 0) is 30.8 Å². The van der Waals surface area contributed by atoms with Gasteiger partial charge in [0.1, 0.15) is 5.82 Å². The van der Waals surface area contributed by atoms with E-state index in [2.05, 4.69) is 5.32 Å². The Labute approximate surface area is 197 Å². The number of para-hydroxylation sites is 1. The summed E-state index contributed by atoms with van der Waals surface area (Å²) in [6.07, 6.45) is 0.206. The Kier molecular flexibility index (Phi) is 7.04. The van der Waals surface area contributed by atoms with Gasteiger partial charge in [0.2, 0.25) is 10.0 Å². The van der Waals surface area contributed by atoms with Crippen LogP contribution in [-0.4, -0.2) is 37.8 Å². The third kappa shape index (κ3) is 5.32. The molecule has 1 aliphatic heterocycles. The molecule has 0 aromatic heterocycles. The minimum atomic E-state index is -4.01. The Morgan fingerprint density at radius 1 is 0.971 bits per heavy atom. The lowest BCUT2D eigenvalue weighted by atomic mass is 9.92. The molecule has 3 aromatic rings. The van der Waals surface area contributed by atoms with E-state index in [1.807, 2.05) is 18.2 Å². The summed E-state index contributed by atoms with van der Waals surface area (Å²) >= 11 is 0. The van der Waals surface area contributed by atoms with Crippen LogP contribution in [0.2, 0.25) is 0 Å². The summed E-state index contributed by atoms with van der Waals surface area (Å²) in [5, 5.41) is 2.62. The number of hydrogen-bond donors (Lipinski definition) is 1. The maximum absolute atomic E-state index is 13.4. The van der Waals surface area contributed by atoms with Gasteiger partial charge in [-0.3, -0.25) is 9.59 Å². The zero-order chi connectivity index (χ0) is 24.1. The predicted octanol–water partition coefficient (Wildman–Crippen LogP) is 3.69. The number of anilines is 1. The summed E-state index contributed by atoms with van der Waals surface area (Å²) in [7, 11) is -4.01. The number of amides is 1. The van der Waals surface area contributed by atoms with Crippen LogP contribution >= 0.6 is 0 Å². The number of fused-ring (bicyclic) bond motifs is 1. The molecule has 0 bridgehead atoms. The largest absolute Gasteiger partial charge is 0.456 e. The highest BCUT2D eigenvalue weighted by Crippen LogP contribution is 2.36. The lowest BCUT2D eigenvalue weighted by molar-refractivity contribution is -0.148. The fraction of sp³-hybridized carbons (Fsp3) is 0.200. The van der Waals surface area contributed by atoms with E-state index < -0.39 is 40.4 Å². The number of carbonyl (C=O) groups is 2. The highest BCUT2D eigenvalue weighted by molar-refractivity contribution is 7.89. The number of esters is 1. The monoisotopic (exact) mass is 482 g/mol. The van der Waals surface area contributed by atoms with Crippen LogP contribution in [0.3, 0.4) is 0 Å². The van der Waals surface area contributed by atoms with Crippen molar-refractivity contribution in [2.45, 2.75) is 23.8 Å². The standard InChI is InChI=1S/C25H23FN2O5S/c26-19-10-12-21(13-11-19)34(31,32)28-15-14-18-6-4-5-9-22(18)23(28)16-25(30)33-17-24(29)27-20-7-2-1-3-8-20/h1-13,23H,14-17H2,(H,27,29)/t23-/m0/s1. The zero-order valence-electron chi connectivity index (χ0n) is 18.2. The molecule has 1 heterocycles.